The first-order valence-corrected chi connectivity index (χ1v) is 22.1. The maximum atomic E-state index is 12.6. The maximum Gasteiger partial charge on any atom is 0.310 e. The molecule has 8 nitrogen and oxygen atoms in total. The molecule has 0 aliphatic heterocycles. The van der Waals surface area contributed by atoms with Crippen LogP contribution >= 0.6 is 0 Å². The SMILES string of the molecule is CC/C=C\C/C=C\C/C=C\C/C=C\C/C=C\CC(=O)OC(COCCC(C(=O)[O-])[N+](C)(C)C)COC(=O)CCCCCCCCC/C=C\C/C=C\CCCCCC. The largest absolute Gasteiger partial charge is 0.544 e. The lowest BCUT2D eigenvalue weighted by atomic mass is 10.1. The second kappa shape index (κ2) is 39.3. The highest BCUT2D eigenvalue weighted by atomic mass is 16.6. The number of carbonyl (C=O) groups is 3. The third kappa shape index (κ3) is 37.8. The number of nitrogens with zero attached hydrogens (tertiary/aromatic N) is 1. The summed E-state index contributed by atoms with van der Waals surface area (Å²) in [6.45, 7) is 4.40. The zero-order chi connectivity index (χ0) is 42.1. The molecule has 2 atom stereocenters. The Morgan fingerprint density at radius 2 is 1.04 bits per heavy atom. The standard InChI is InChI=1S/C49H81NO7/c1-6-8-10-12-14-16-18-20-22-23-24-26-27-29-31-33-35-37-39-47(51)56-44-45(43-55-42-41-46(49(53)54)50(3,4)5)57-48(52)40-38-36-34-32-30-28-25-21-19-17-15-13-11-9-7-2/h9,11,15-18,21-23,25,30,32,36,38,45-46H,6-8,10,12-14,19-20,24,26-29,31,33-35,37,39-44H2,1-5H3/b11-9-,17-15-,18-16-,23-22-,25-21-,32-30-,38-36-. The van der Waals surface area contributed by atoms with Crippen LogP contribution in [0, 0.1) is 0 Å². The van der Waals surface area contributed by atoms with E-state index in [0.29, 0.717) is 12.8 Å². The summed E-state index contributed by atoms with van der Waals surface area (Å²) >= 11 is 0. The van der Waals surface area contributed by atoms with E-state index in [2.05, 4.69) is 86.8 Å². The van der Waals surface area contributed by atoms with Crippen molar-refractivity contribution in [3.63, 3.8) is 0 Å². The van der Waals surface area contributed by atoms with Gasteiger partial charge in [0.05, 0.1) is 46.7 Å². The molecule has 0 heterocycles. The van der Waals surface area contributed by atoms with Crippen LogP contribution in [0.4, 0.5) is 0 Å². The number of carbonyl (C=O) groups excluding carboxylic acids is 3. The first-order valence-electron chi connectivity index (χ1n) is 22.1. The lowest BCUT2D eigenvalue weighted by Gasteiger charge is -2.34. The molecular weight excluding hydrogens is 715 g/mol. The number of carboxylic acid groups (broad SMARTS) is 1. The highest BCUT2D eigenvalue weighted by molar-refractivity contribution is 5.71. The van der Waals surface area contributed by atoms with E-state index in [-0.39, 0.29) is 43.1 Å². The van der Waals surface area contributed by atoms with E-state index in [9.17, 15) is 19.5 Å². The molecule has 0 N–H and O–H groups in total. The van der Waals surface area contributed by atoms with Gasteiger partial charge in [0, 0.05) is 12.8 Å². The Balaban J connectivity index is 4.48. The zero-order valence-electron chi connectivity index (χ0n) is 36.7. The number of esters is 2. The van der Waals surface area contributed by atoms with Crippen LogP contribution in [0.3, 0.4) is 0 Å². The molecule has 0 aliphatic rings. The number of rotatable bonds is 38. The highest BCUT2D eigenvalue weighted by Gasteiger charge is 2.25. The predicted octanol–water partition coefficient (Wildman–Crippen LogP) is 10.8. The van der Waals surface area contributed by atoms with Crippen molar-refractivity contribution in [2.75, 3.05) is 41.0 Å². The van der Waals surface area contributed by atoms with Crippen LogP contribution in [-0.2, 0) is 28.6 Å². The van der Waals surface area contributed by atoms with Gasteiger partial charge in [-0.2, -0.15) is 0 Å². The number of likely N-dealkylation sites (N-methyl/N-ethyl adjacent to an activating group) is 1. The van der Waals surface area contributed by atoms with Crippen LogP contribution in [0.15, 0.2) is 85.1 Å². The van der Waals surface area contributed by atoms with Crippen molar-refractivity contribution in [2.24, 2.45) is 0 Å². The Morgan fingerprint density at radius 1 is 0.561 bits per heavy atom. The molecule has 0 saturated heterocycles. The molecule has 0 rings (SSSR count). The Labute approximate surface area is 348 Å². The number of aliphatic carboxylic acids is 1. The topological polar surface area (TPSA) is 102 Å². The van der Waals surface area contributed by atoms with E-state index < -0.39 is 24.1 Å². The van der Waals surface area contributed by atoms with Gasteiger partial charge in [-0.1, -0.05) is 150 Å². The fraction of sp³-hybridized carbons (Fsp3) is 0.653. The normalized spacial score (nSPS) is 13.8. The molecule has 8 heteroatoms. The van der Waals surface area contributed by atoms with Gasteiger partial charge >= 0.3 is 11.9 Å². The van der Waals surface area contributed by atoms with E-state index in [1.165, 1.54) is 57.8 Å². The lowest BCUT2D eigenvalue weighted by molar-refractivity contribution is -0.889. The van der Waals surface area contributed by atoms with Gasteiger partial charge in [0.2, 0.25) is 0 Å². The Bertz CT molecular complexity index is 1200. The number of quaternary nitrogens is 1. The van der Waals surface area contributed by atoms with Crippen molar-refractivity contribution in [1.82, 2.24) is 0 Å². The van der Waals surface area contributed by atoms with Gasteiger partial charge in [-0.25, -0.2) is 0 Å². The predicted molar refractivity (Wildman–Crippen MR) is 235 cm³/mol. The summed E-state index contributed by atoms with van der Waals surface area (Å²) in [6, 6.07) is -0.747. The number of allylic oxidation sites excluding steroid dienone is 13. The van der Waals surface area contributed by atoms with Gasteiger partial charge in [-0.15, -0.1) is 0 Å². The number of hydrogen-bond acceptors (Lipinski definition) is 7. The van der Waals surface area contributed by atoms with Crippen molar-refractivity contribution < 1.29 is 38.2 Å². The van der Waals surface area contributed by atoms with Crippen molar-refractivity contribution >= 4 is 17.9 Å². The summed E-state index contributed by atoms with van der Waals surface area (Å²) in [5.74, 6) is -1.92. The number of hydrogen-bond donors (Lipinski definition) is 0. The third-order valence-electron chi connectivity index (χ3n) is 9.30. The molecular formula is C49H81NO7. The summed E-state index contributed by atoms with van der Waals surface area (Å²) in [5.41, 5.74) is 0. The molecule has 0 aromatic heterocycles. The molecule has 0 aliphatic carbocycles. The maximum absolute atomic E-state index is 12.6. The second-order valence-corrected chi connectivity index (χ2v) is 15.6. The number of carboxylic acids is 1. The Hall–Kier alpha value is -3.49. The summed E-state index contributed by atoms with van der Waals surface area (Å²) in [4.78, 5) is 36.8. The first-order chi connectivity index (χ1) is 27.6. The minimum Gasteiger partial charge on any atom is -0.544 e. The van der Waals surface area contributed by atoms with Gasteiger partial charge < -0.3 is 28.6 Å². The van der Waals surface area contributed by atoms with Crippen molar-refractivity contribution in [1.29, 1.82) is 0 Å². The molecule has 0 aromatic rings. The summed E-state index contributed by atoms with van der Waals surface area (Å²) in [5, 5.41) is 11.6. The minimum atomic E-state index is -1.14. The average Bonchev–Trinajstić information content (AvgIpc) is 3.17. The van der Waals surface area contributed by atoms with Crippen LogP contribution in [0.5, 0.6) is 0 Å². The zero-order valence-corrected chi connectivity index (χ0v) is 36.7. The van der Waals surface area contributed by atoms with Crippen LogP contribution in [-0.4, -0.2) is 75.5 Å². The fourth-order valence-electron chi connectivity index (χ4n) is 5.88. The molecule has 57 heavy (non-hydrogen) atoms. The molecule has 0 aromatic carbocycles. The van der Waals surface area contributed by atoms with Crippen LogP contribution < -0.4 is 5.11 Å². The fourth-order valence-corrected chi connectivity index (χ4v) is 5.88. The summed E-state index contributed by atoms with van der Waals surface area (Å²) < 4.78 is 17.0. The van der Waals surface area contributed by atoms with Crippen LogP contribution in [0.25, 0.3) is 0 Å². The summed E-state index contributed by atoms with van der Waals surface area (Å²) in [7, 11) is 5.36. The van der Waals surface area contributed by atoms with Gasteiger partial charge in [0.15, 0.2) is 6.10 Å². The third-order valence-corrected chi connectivity index (χ3v) is 9.30. The van der Waals surface area contributed by atoms with Crippen molar-refractivity contribution in [3.8, 4) is 0 Å². The number of unbranched alkanes of at least 4 members (excludes halogenated alkanes) is 11. The van der Waals surface area contributed by atoms with E-state index in [0.717, 1.165) is 57.8 Å². The van der Waals surface area contributed by atoms with Gasteiger partial charge in [0.25, 0.3) is 0 Å². The van der Waals surface area contributed by atoms with E-state index in [1.54, 1.807) is 27.2 Å². The molecule has 324 valence electrons. The second-order valence-electron chi connectivity index (χ2n) is 15.6. The average molecular weight is 796 g/mol. The Kier molecular flexibility index (Phi) is 36.9. The van der Waals surface area contributed by atoms with Gasteiger partial charge in [-0.3, -0.25) is 9.59 Å². The molecule has 0 bridgehead atoms. The van der Waals surface area contributed by atoms with E-state index in [4.69, 9.17) is 14.2 Å². The van der Waals surface area contributed by atoms with Crippen LogP contribution in [0.1, 0.15) is 155 Å². The van der Waals surface area contributed by atoms with Crippen molar-refractivity contribution in [2.45, 2.75) is 167 Å². The molecule has 2 unspecified atom stereocenters. The molecule has 0 fully saturated rings. The summed E-state index contributed by atoms with van der Waals surface area (Å²) in [6.07, 6.45) is 50.6. The lowest BCUT2D eigenvalue weighted by Crippen LogP contribution is -2.55. The van der Waals surface area contributed by atoms with Crippen LogP contribution in [0.2, 0.25) is 0 Å². The minimum absolute atomic E-state index is 0.00632. The van der Waals surface area contributed by atoms with E-state index >= 15 is 0 Å². The Morgan fingerprint density at radius 3 is 1.54 bits per heavy atom. The monoisotopic (exact) mass is 796 g/mol. The molecule has 0 spiro atoms. The quantitative estimate of drug-likeness (QED) is 0.0265. The molecule has 0 amide bonds. The van der Waals surface area contributed by atoms with E-state index in [1.807, 2.05) is 6.08 Å². The number of ether oxygens (including phenoxy) is 3. The van der Waals surface area contributed by atoms with Crippen molar-refractivity contribution in [3.05, 3.63) is 85.1 Å². The smallest absolute Gasteiger partial charge is 0.310 e. The first kappa shape index (κ1) is 53.5. The van der Waals surface area contributed by atoms with Gasteiger partial charge in [-0.05, 0) is 70.6 Å². The highest BCUT2D eigenvalue weighted by Crippen LogP contribution is 2.12. The molecule has 0 radical (unpaired) electrons. The van der Waals surface area contributed by atoms with Gasteiger partial charge in [0.1, 0.15) is 12.6 Å². The molecule has 0 saturated carbocycles.